The Bertz CT molecular complexity index is 784. The van der Waals surface area contributed by atoms with E-state index in [1.807, 2.05) is 0 Å². The molecule has 112 valence electrons. The highest BCUT2D eigenvalue weighted by atomic mass is 35.5. The first-order valence-electron chi connectivity index (χ1n) is 5.72. The fourth-order valence-electron chi connectivity index (χ4n) is 1.44. The molecule has 0 aliphatic heterocycles. The van der Waals surface area contributed by atoms with Crippen molar-refractivity contribution in [2.45, 2.75) is 4.90 Å². The summed E-state index contributed by atoms with van der Waals surface area (Å²) < 4.78 is 29.4. The predicted molar refractivity (Wildman–Crippen MR) is 80.1 cm³/mol. The van der Waals surface area contributed by atoms with Gasteiger partial charge in [0.25, 0.3) is 10.0 Å². The second kappa shape index (κ2) is 5.70. The van der Waals surface area contributed by atoms with Crippen molar-refractivity contribution in [1.82, 2.24) is 19.7 Å². The molecule has 0 aliphatic rings. The van der Waals surface area contributed by atoms with Crippen LogP contribution in [-0.2, 0) is 10.0 Å². The van der Waals surface area contributed by atoms with Crippen molar-refractivity contribution in [3.05, 3.63) is 29.7 Å². The number of hydrogen-bond donors (Lipinski definition) is 1. The Balaban J connectivity index is 2.60. The third kappa shape index (κ3) is 3.50. The van der Waals surface area contributed by atoms with Gasteiger partial charge in [-0.3, -0.25) is 0 Å². The van der Waals surface area contributed by atoms with Gasteiger partial charge in [-0.1, -0.05) is 11.6 Å². The van der Waals surface area contributed by atoms with Crippen molar-refractivity contribution >= 4 is 33.7 Å². The summed E-state index contributed by atoms with van der Waals surface area (Å²) in [5.41, 5.74) is 5.82. The van der Waals surface area contributed by atoms with Gasteiger partial charge in [0.05, 0.1) is 29.3 Å². The summed E-state index contributed by atoms with van der Waals surface area (Å²) >= 11 is 5.79. The molecule has 2 N–H and O–H groups in total. The zero-order chi connectivity index (χ0) is 15.6. The lowest BCUT2D eigenvalue weighted by Gasteiger charge is -2.08. The summed E-state index contributed by atoms with van der Waals surface area (Å²) in [4.78, 5) is 5.35. The molecule has 2 rings (SSSR count). The van der Waals surface area contributed by atoms with Crippen LogP contribution >= 0.6 is 11.6 Å². The van der Waals surface area contributed by atoms with Gasteiger partial charge in [0.1, 0.15) is 11.2 Å². The second-order valence-corrected chi connectivity index (χ2v) is 6.39. The summed E-state index contributed by atoms with van der Waals surface area (Å²) in [7, 11) is -0.651. The van der Waals surface area contributed by atoms with Crippen LogP contribution in [0, 0.1) is 0 Å². The molecular weight excluding hydrogens is 316 g/mol. The van der Waals surface area contributed by atoms with Crippen molar-refractivity contribution in [2.75, 3.05) is 19.8 Å². The number of aromatic nitrogens is 3. The normalized spacial score (nSPS) is 12.0. The smallest absolute Gasteiger partial charge is 0.287 e. The van der Waals surface area contributed by atoms with Crippen LogP contribution in [0.3, 0.4) is 0 Å². The Labute approximate surface area is 126 Å². The number of rotatable bonds is 4. The van der Waals surface area contributed by atoms with Gasteiger partial charge < -0.3 is 10.6 Å². The second-order valence-electron chi connectivity index (χ2n) is 4.35. The molecule has 2 aromatic heterocycles. The number of hydrogen-bond acceptors (Lipinski definition) is 5. The highest BCUT2D eigenvalue weighted by Crippen LogP contribution is 2.22. The third-order valence-corrected chi connectivity index (χ3v) is 3.74. The topological polar surface area (TPSA) is 106 Å². The van der Waals surface area contributed by atoms with Crippen LogP contribution in [-0.4, -0.2) is 48.5 Å². The molecule has 2 heterocycles. The van der Waals surface area contributed by atoms with E-state index in [4.69, 9.17) is 17.3 Å². The molecule has 21 heavy (non-hydrogen) atoms. The summed E-state index contributed by atoms with van der Waals surface area (Å²) in [6.45, 7) is 0. The van der Waals surface area contributed by atoms with E-state index >= 15 is 0 Å². The van der Waals surface area contributed by atoms with E-state index in [-0.39, 0.29) is 16.4 Å². The molecule has 0 saturated heterocycles. The van der Waals surface area contributed by atoms with Gasteiger partial charge in [-0.25, -0.2) is 9.67 Å². The van der Waals surface area contributed by atoms with E-state index in [2.05, 4.69) is 14.5 Å². The fraction of sp³-hybridized carbons (Fsp3) is 0.182. The fourth-order valence-corrected chi connectivity index (χ4v) is 2.67. The Kier molecular flexibility index (Phi) is 4.14. The molecule has 8 nitrogen and oxygen atoms in total. The summed E-state index contributed by atoms with van der Waals surface area (Å²) in [5.74, 6) is 0.0759. The van der Waals surface area contributed by atoms with E-state index < -0.39 is 10.0 Å². The predicted octanol–water partition coefficient (Wildman–Crippen LogP) is 0.781. The number of pyridine rings is 1. The van der Waals surface area contributed by atoms with Crippen LogP contribution in [0.25, 0.3) is 5.82 Å². The standard InChI is InChI=1S/C11H13ClN6O2S/c1-17(2)7-16-21(19,20)10-3-9(13)5-14-11(10)18-6-8(12)4-15-18/h3-7H,13H2,1-2H3/b16-7-. The maximum atomic E-state index is 12.3. The van der Waals surface area contributed by atoms with Crippen molar-refractivity contribution in [2.24, 2.45) is 4.40 Å². The molecule has 0 aliphatic carbocycles. The van der Waals surface area contributed by atoms with Gasteiger partial charge in [0, 0.05) is 14.1 Å². The van der Waals surface area contributed by atoms with Gasteiger partial charge >= 0.3 is 0 Å². The van der Waals surface area contributed by atoms with Gasteiger partial charge in [-0.2, -0.15) is 13.5 Å². The monoisotopic (exact) mass is 328 g/mol. The first-order valence-corrected chi connectivity index (χ1v) is 7.54. The van der Waals surface area contributed by atoms with Crippen LogP contribution in [0.15, 0.2) is 34.0 Å². The number of nitrogens with zero attached hydrogens (tertiary/aromatic N) is 5. The van der Waals surface area contributed by atoms with E-state index in [1.54, 1.807) is 14.1 Å². The molecule has 0 atom stereocenters. The van der Waals surface area contributed by atoms with E-state index in [0.29, 0.717) is 5.02 Å². The van der Waals surface area contributed by atoms with Crippen molar-refractivity contribution in [3.8, 4) is 5.82 Å². The van der Waals surface area contributed by atoms with Gasteiger partial charge in [0.2, 0.25) is 0 Å². The zero-order valence-corrected chi connectivity index (χ0v) is 12.9. The molecule has 0 aromatic carbocycles. The lowest BCUT2D eigenvalue weighted by Crippen LogP contribution is -2.12. The van der Waals surface area contributed by atoms with E-state index in [0.717, 1.165) is 0 Å². The Morgan fingerprint density at radius 3 is 2.71 bits per heavy atom. The molecule has 0 radical (unpaired) electrons. The molecule has 10 heteroatoms. The number of sulfonamides is 1. The molecule has 0 fully saturated rings. The van der Waals surface area contributed by atoms with E-state index in [1.165, 1.54) is 40.6 Å². The molecule has 0 bridgehead atoms. The van der Waals surface area contributed by atoms with Crippen molar-refractivity contribution in [1.29, 1.82) is 0 Å². The summed E-state index contributed by atoms with van der Waals surface area (Å²) in [5, 5.41) is 4.30. The van der Waals surface area contributed by atoms with Crippen molar-refractivity contribution < 1.29 is 8.42 Å². The lowest BCUT2D eigenvalue weighted by molar-refractivity contribution is 0.593. The quantitative estimate of drug-likeness (QED) is 0.656. The summed E-state index contributed by atoms with van der Waals surface area (Å²) in [6, 6.07) is 1.28. The SMILES string of the molecule is CN(C)/C=N\S(=O)(=O)c1cc(N)cnc1-n1cc(Cl)cn1. The summed E-state index contributed by atoms with van der Waals surface area (Å²) in [6.07, 6.45) is 5.33. The Hall–Kier alpha value is -2.13. The number of nitrogen functional groups attached to an aromatic ring is 1. The number of anilines is 1. The van der Waals surface area contributed by atoms with E-state index in [9.17, 15) is 8.42 Å². The number of nitrogens with two attached hydrogens (primary N) is 1. The zero-order valence-electron chi connectivity index (χ0n) is 11.3. The maximum Gasteiger partial charge on any atom is 0.287 e. The average Bonchev–Trinajstić information content (AvgIpc) is 2.83. The largest absolute Gasteiger partial charge is 0.397 e. The van der Waals surface area contributed by atoms with Crippen LogP contribution in [0.4, 0.5) is 5.69 Å². The Morgan fingerprint density at radius 1 is 1.43 bits per heavy atom. The van der Waals surface area contributed by atoms with Gasteiger partial charge in [-0.15, -0.1) is 4.40 Å². The first kappa shape index (κ1) is 15.3. The minimum absolute atomic E-state index is 0.0759. The minimum Gasteiger partial charge on any atom is -0.397 e. The highest BCUT2D eigenvalue weighted by Gasteiger charge is 2.21. The molecule has 0 unspecified atom stereocenters. The molecule has 2 aromatic rings. The first-order chi connectivity index (χ1) is 9.79. The van der Waals surface area contributed by atoms with Crippen LogP contribution in [0.1, 0.15) is 0 Å². The highest BCUT2D eigenvalue weighted by molar-refractivity contribution is 7.90. The lowest BCUT2D eigenvalue weighted by atomic mass is 10.4. The Morgan fingerprint density at radius 2 is 2.14 bits per heavy atom. The molecule has 0 saturated carbocycles. The average molecular weight is 329 g/mol. The van der Waals surface area contributed by atoms with Gasteiger partial charge in [-0.05, 0) is 6.07 Å². The molecular formula is C11H13ClN6O2S. The molecule has 0 amide bonds. The van der Waals surface area contributed by atoms with Crippen molar-refractivity contribution in [3.63, 3.8) is 0 Å². The van der Waals surface area contributed by atoms with Crippen LogP contribution in [0.2, 0.25) is 5.02 Å². The minimum atomic E-state index is -3.97. The third-order valence-electron chi connectivity index (χ3n) is 2.32. The van der Waals surface area contributed by atoms with Gasteiger partial charge in [0.15, 0.2) is 5.82 Å². The number of halogens is 1. The molecule has 0 spiro atoms. The van der Waals surface area contributed by atoms with Crippen LogP contribution < -0.4 is 5.73 Å². The maximum absolute atomic E-state index is 12.3. The van der Waals surface area contributed by atoms with Crippen LogP contribution in [0.5, 0.6) is 0 Å².